The molecule has 2 N–H and O–H groups in total. The summed E-state index contributed by atoms with van der Waals surface area (Å²) in [6, 6.07) is 0.456. The van der Waals surface area contributed by atoms with Crippen LogP contribution >= 0.6 is 24.0 Å². The molecule has 0 aromatic heterocycles. The highest BCUT2D eigenvalue weighted by molar-refractivity contribution is 14.0. The van der Waals surface area contributed by atoms with Gasteiger partial charge in [0, 0.05) is 38.8 Å². The maximum atomic E-state index is 5.65. The highest BCUT2D eigenvalue weighted by Crippen LogP contribution is 2.14. The molecule has 23 heavy (non-hydrogen) atoms. The second kappa shape index (κ2) is 12.3. The van der Waals surface area contributed by atoms with Crippen LogP contribution in [0.1, 0.15) is 33.1 Å². The summed E-state index contributed by atoms with van der Waals surface area (Å²) >= 11 is 0. The highest BCUT2D eigenvalue weighted by Gasteiger charge is 2.17. The van der Waals surface area contributed by atoms with Crippen molar-refractivity contribution in [3.63, 3.8) is 0 Å². The molecule has 2 rings (SSSR count). The quantitative estimate of drug-likeness (QED) is 0.357. The van der Waals surface area contributed by atoms with E-state index in [1.165, 1.54) is 12.8 Å². The number of nitrogens with zero attached hydrogens (tertiary/aromatic N) is 2. The molecule has 2 saturated heterocycles. The average Bonchev–Trinajstić information content (AvgIpc) is 3.06. The normalized spacial score (nSPS) is 24.1. The number of nitrogens with one attached hydrogen (secondary N) is 2. The third-order valence-corrected chi connectivity index (χ3v) is 4.31. The molecule has 2 aliphatic heterocycles. The van der Waals surface area contributed by atoms with Crippen LogP contribution in [0.4, 0.5) is 0 Å². The van der Waals surface area contributed by atoms with E-state index in [2.05, 4.69) is 29.4 Å². The number of halogens is 1. The van der Waals surface area contributed by atoms with Crippen molar-refractivity contribution in [2.45, 2.75) is 45.3 Å². The summed E-state index contributed by atoms with van der Waals surface area (Å²) in [4.78, 5) is 7.17. The summed E-state index contributed by atoms with van der Waals surface area (Å²) in [5.41, 5.74) is 0. The van der Waals surface area contributed by atoms with Crippen molar-refractivity contribution in [2.24, 2.45) is 4.99 Å². The first-order chi connectivity index (χ1) is 10.8. The summed E-state index contributed by atoms with van der Waals surface area (Å²) < 4.78 is 11.1. The molecule has 0 bridgehead atoms. The van der Waals surface area contributed by atoms with Crippen LogP contribution in [-0.4, -0.2) is 75.5 Å². The molecule has 136 valence electrons. The summed E-state index contributed by atoms with van der Waals surface area (Å²) in [5, 5.41) is 6.74. The van der Waals surface area contributed by atoms with Gasteiger partial charge in [-0.15, -0.1) is 24.0 Å². The maximum Gasteiger partial charge on any atom is 0.191 e. The fraction of sp³-hybridized carbons (Fsp3) is 0.938. The first kappa shape index (κ1) is 20.9. The van der Waals surface area contributed by atoms with Gasteiger partial charge >= 0.3 is 0 Å². The monoisotopic (exact) mass is 440 g/mol. The van der Waals surface area contributed by atoms with Gasteiger partial charge < -0.3 is 20.1 Å². The molecule has 2 aliphatic rings. The van der Waals surface area contributed by atoms with E-state index >= 15 is 0 Å². The second-order valence-electron chi connectivity index (χ2n) is 6.07. The molecular formula is C16H33IN4O2. The second-order valence-corrected chi connectivity index (χ2v) is 6.07. The molecule has 0 spiro atoms. The maximum absolute atomic E-state index is 5.65. The minimum Gasteiger partial charge on any atom is -0.379 e. The molecule has 7 heteroatoms. The number of morpholine rings is 1. The van der Waals surface area contributed by atoms with Crippen LogP contribution in [0.3, 0.4) is 0 Å². The minimum atomic E-state index is 0. The smallest absolute Gasteiger partial charge is 0.191 e. The number of rotatable bonds is 7. The van der Waals surface area contributed by atoms with Gasteiger partial charge in [-0.25, -0.2) is 0 Å². The van der Waals surface area contributed by atoms with E-state index in [0.717, 1.165) is 64.9 Å². The van der Waals surface area contributed by atoms with Crippen LogP contribution in [0.2, 0.25) is 0 Å². The third-order valence-electron chi connectivity index (χ3n) is 4.31. The number of hydrogen-bond donors (Lipinski definition) is 2. The Morgan fingerprint density at radius 2 is 2.04 bits per heavy atom. The molecule has 2 atom stereocenters. The van der Waals surface area contributed by atoms with E-state index in [9.17, 15) is 0 Å². The largest absolute Gasteiger partial charge is 0.379 e. The molecule has 6 nitrogen and oxygen atoms in total. The lowest BCUT2D eigenvalue weighted by atomic mass is 10.2. The first-order valence-corrected chi connectivity index (χ1v) is 8.75. The van der Waals surface area contributed by atoms with E-state index in [1.54, 1.807) is 0 Å². The first-order valence-electron chi connectivity index (χ1n) is 8.75. The van der Waals surface area contributed by atoms with Gasteiger partial charge in [0.1, 0.15) is 0 Å². The van der Waals surface area contributed by atoms with E-state index in [-0.39, 0.29) is 24.0 Å². The van der Waals surface area contributed by atoms with Gasteiger partial charge in [0.2, 0.25) is 0 Å². The van der Waals surface area contributed by atoms with Crippen molar-refractivity contribution in [3.8, 4) is 0 Å². The van der Waals surface area contributed by atoms with Gasteiger partial charge in [0.15, 0.2) is 5.96 Å². The lowest BCUT2D eigenvalue weighted by Crippen LogP contribution is -2.44. The SMILES string of the molecule is CCNC(=NCC(C)N1CCOCC1)NCCC1CCCO1.I. The molecular weight excluding hydrogens is 407 g/mol. The standard InChI is InChI=1S/C16H32N4O2.HI/c1-3-17-16(18-7-6-15-5-4-10-22-15)19-13-14(2)20-8-11-21-12-9-20;/h14-15H,3-13H2,1-2H3,(H2,17,18,19);1H. The molecule has 0 saturated carbocycles. The van der Waals surface area contributed by atoms with Gasteiger partial charge in [-0.3, -0.25) is 9.89 Å². The van der Waals surface area contributed by atoms with Gasteiger partial charge in [-0.1, -0.05) is 0 Å². The van der Waals surface area contributed by atoms with Gasteiger partial charge in [0.05, 0.1) is 25.9 Å². The van der Waals surface area contributed by atoms with Gasteiger partial charge in [0.25, 0.3) is 0 Å². The lowest BCUT2D eigenvalue weighted by molar-refractivity contribution is 0.0220. The van der Waals surface area contributed by atoms with Crippen molar-refractivity contribution >= 4 is 29.9 Å². The van der Waals surface area contributed by atoms with Crippen molar-refractivity contribution < 1.29 is 9.47 Å². The Morgan fingerprint density at radius 3 is 2.70 bits per heavy atom. The fourth-order valence-corrected chi connectivity index (χ4v) is 2.92. The van der Waals surface area contributed by atoms with Crippen LogP contribution in [0, 0.1) is 0 Å². The van der Waals surface area contributed by atoms with E-state index in [1.807, 2.05) is 0 Å². The van der Waals surface area contributed by atoms with Crippen molar-refractivity contribution in [1.29, 1.82) is 0 Å². The lowest BCUT2D eigenvalue weighted by Gasteiger charge is -2.31. The zero-order chi connectivity index (χ0) is 15.6. The Balaban J connectivity index is 0.00000264. The third kappa shape index (κ3) is 8.00. The van der Waals surface area contributed by atoms with Crippen molar-refractivity contribution in [2.75, 3.05) is 52.5 Å². The zero-order valence-electron chi connectivity index (χ0n) is 14.6. The zero-order valence-corrected chi connectivity index (χ0v) is 16.9. The highest BCUT2D eigenvalue weighted by atomic mass is 127. The summed E-state index contributed by atoms with van der Waals surface area (Å²) in [5.74, 6) is 0.917. The Morgan fingerprint density at radius 1 is 1.26 bits per heavy atom. The van der Waals surface area contributed by atoms with Gasteiger partial charge in [-0.2, -0.15) is 0 Å². The Labute approximate surface area is 157 Å². The minimum absolute atomic E-state index is 0. The van der Waals surface area contributed by atoms with Crippen LogP contribution < -0.4 is 10.6 Å². The van der Waals surface area contributed by atoms with E-state index in [4.69, 9.17) is 14.5 Å². The van der Waals surface area contributed by atoms with Crippen LogP contribution in [0.15, 0.2) is 4.99 Å². The summed E-state index contributed by atoms with van der Waals surface area (Å²) in [6.45, 7) is 11.6. The molecule has 2 heterocycles. The predicted molar refractivity (Wildman–Crippen MR) is 105 cm³/mol. The average molecular weight is 440 g/mol. The summed E-state index contributed by atoms with van der Waals surface area (Å²) in [6.07, 6.45) is 3.89. The topological polar surface area (TPSA) is 58.1 Å². The Hall–Kier alpha value is -0.120. The molecule has 0 aromatic carbocycles. The van der Waals surface area contributed by atoms with E-state index < -0.39 is 0 Å². The molecule has 2 unspecified atom stereocenters. The Bertz CT molecular complexity index is 332. The summed E-state index contributed by atoms with van der Waals surface area (Å²) in [7, 11) is 0. The van der Waals surface area contributed by atoms with Crippen LogP contribution in [0.25, 0.3) is 0 Å². The number of aliphatic imine (C=N–C) groups is 1. The number of hydrogen-bond acceptors (Lipinski definition) is 4. The van der Waals surface area contributed by atoms with Crippen LogP contribution in [0.5, 0.6) is 0 Å². The Kier molecular flexibility index (Phi) is 11.2. The van der Waals surface area contributed by atoms with Crippen molar-refractivity contribution in [1.82, 2.24) is 15.5 Å². The van der Waals surface area contributed by atoms with Gasteiger partial charge in [-0.05, 0) is 33.1 Å². The van der Waals surface area contributed by atoms with Crippen LogP contribution in [-0.2, 0) is 9.47 Å². The predicted octanol–water partition coefficient (Wildman–Crippen LogP) is 1.45. The molecule has 0 aromatic rings. The number of guanidine groups is 1. The molecule has 0 radical (unpaired) electrons. The van der Waals surface area contributed by atoms with Crippen molar-refractivity contribution in [3.05, 3.63) is 0 Å². The van der Waals surface area contributed by atoms with E-state index in [0.29, 0.717) is 12.1 Å². The molecule has 0 aliphatic carbocycles. The number of ether oxygens (including phenoxy) is 2. The molecule has 2 fully saturated rings. The fourth-order valence-electron chi connectivity index (χ4n) is 2.92. The molecule has 0 amide bonds.